The van der Waals surface area contributed by atoms with E-state index in [9.17, 15) is 4.79 Å². The summed E-state index contributed by atoms with van der Waals surface area (Å²) in [7, 11) is 0. The number of carbonyl (C=O) groups excluding carboxylic acids is 1. The highest BCUT2D eigenvalue weighted by molar-refractivity contribution is 5.81. The van der Waals surface area contributed by atoms with E-state index < -0.39 is 11.8 Å². The highest BCUT2D eigenvalue weighted by Gasteiger charge is 2.40. The predicted octanol–water partition coefficient (Wildman–Crippen LogP) is 2.87. The maximum atomic E-state index is 11.6. The van der Waals surface area contributed by atoms with Gasteiger partial charge in [0, 0.05) is 24.6 Å². The lowest BCUT2D eigenvalue weighted by atomic mass is 9.86. The molecule has 1 aliphatic carbocycles. The second kappa shape index (κ2) is 6.08. The van der Waals surface area contributed by atoms with Gasteiger partial charge in [0.15, 0.2) is 0 Å². The topological polar surface area (TPSA) is 87.6 Å². The number of nitrogen functional groups attached to an aromatic ring is 2. The predicted molar refractivity (Wildman–Crippen MR) is 82.5 cm³/mol. The first-order valence-corrected chi connectivity index (χ1v) is 7.13. The first-order valence-electron chi connectivity index (χ1n) is 7.13. The number of carbonyl (C=O) groups is 1. The summed E-state index contributed by atoms with van der Waals surface area (Å²) in [6, 6.07) is 5.04. The summed E-state index contributed by atoms with van der Waals surface area (Å²) in [4.78, 5) is 11.6. The van der Waals surface area contributed by atoms with Gasteiger partial charge in [-0.3, -0.25) is 0 Å². The number of nitrogens with two attached hydrogens (primary N) is 2. The molecule has 0 radical (unpaired) electrons. The minimum atomic E-state index is -0.970. The summed E-state index contributed by atoms with van der Waals surface area (Å²) in [6.45, 7) is 5.61. The Kier molecular flexibility index (Phi) is 4.40. The van der Waals surface area contributed by atoms with E-state index in [1.165, 1.54) is 0 Å². The van der Waals surface area contributed by atoms with Crippen molar-refractivity contribution < 1.29 is 14.3 Å². The molecule has 4 N–H and O–H groups in total. The van der Waals surface area contributed by atoms with Crippen LogP contribution in [0.2, 0.25) is 0 Å². The van der Waals surface area contributed by atoms with Crippen molar-refractivity contribution in [2.24, 2.45) is 5.92 Å². The molecule has 21 heavy (non-hydrogen) atoms. The van der Waals surface area contributed by atoms with E-state index in [4.69, 9.17) is 20.9 Å². The molecule has 0 amide bonds. The fourth-order valence-electron chi connectivity index (χ4n) is 2.51. The molecule has 0 saturated heterocycles. The van der Waals surface area contributed by atoms with Crippen LogP contribution < -0.4 is 16.2 Å². The molecule has 1 saturated carbocycles. The van der Waals surface area contributed by atoms with Gasteiger partial charge in [-0.15, -0.1) is 0 Å². The quantitative estimate of drug-likeness (QED) is 0.385. The second-order valence-electron chi connectivity index (χ2n) is 5.62. The summed E-state index contributed by atoms with van der Waals surface area (Å²) in [5.41, 5.74) is 12.6. The lowest BCUT2D eigenvalue weighted by Crippen LogP contribution is -2.44. The van der Waals surface area contributed by atoms with Crippen molar-refractivity contribution in [3.05, 3.63) is 30.9 Å². The number of rotatable bonds is 4. The van der Waals surface area contributed by atoms with Gasteiger partial charge in [0.25, 0.3) is 5.79 Å². The fraction of sp³-hybridized carbons (Fsp3) is 0.438. The van der Waals surface area contributed by atoms with Crippen molar-refractivity contribution in [3.63, 3.8) is 0 Å². The number of benzene rings is 1. The van der Waals surface area contributed by atoms with Crippen LogP contribution in [0.3, 0.4) is 0 Å². The minimum Gasteiger partial charge on any atom is -0.450 e. The van der Waals surface area contributed by atoms with Gasteiger partial charge in [-0.2, -0.15) is 0 Å². The highest BCUT2D eigenvalue weighted by atomic mass is 16.7. The van der Waals surface area contributed by atoms with E-state index in [1.54, 1.807) is 18.2 Å². The lowest BCUT2D eigenvalue weighted by molar-refractivity contribution is -0.205. The molecule has 1 aromatic rings. The third-order valence-electron chi connectivity index (χ3n) is 3.82. The van der Waals surface area contributed by atoms with E-state index in [-0.39, 0.29) is 0 Å². The summed E-state index contributed by atoms with van der Waals surface area (Å²) in [5.74, 6) is -0.385. The van der Waals surface area contributed by atoms with Gasteiger partial charge in [0.1, 0.15) is 5.75 Å². The van der Waals surface area contributed by atoms with E-state index in [2.05, 4.69) is 13.5 Å². The summed E-state index contributed by atoms with van der Waals surface area (Å²) in [6.07, 6.45) is 4.28. The zero-order chi connectivity index (χ0) is 15.5. The van der Waals surface area contributed by atoms with Gasteiger partial charge >= 0.3 is 5.97 Å². The number of ether oxygens (including phenoxy) is 2. The van der Waals surface area contributed by atoms with Crippen LogP contribution in [0.15, 0.2) is 30.9 Å². The minimum absolute atomic E-state index is 0.433. The average molecular weight is 290 g/mol. The maximum Gasteiger partial charge on any atom is 0.333 e. The molecule has 2 rings (SSSR count). The standard InChI is InChI=1S/C16H22N2O3/c1-3-15(19)21-16(8-6-11(2)7-9-16)20-14-5-4-12(17)10-13(14)18/h3-5,10-11H,1,6-9,17-18H2,2H3. The first-order chi connectivity index (χ1) is 9.94. The van der Waals surface area contributed by atoms with Gasteiger partial charge in [-0.05, 0) is 37.0 Å². The molecule has 5 heteroatoms. The van der Waals surface area contributed by atoms with E-state index in [1.807, 2.05) is 0 Å². The zero-order valence-corrected chi connectivity index (χ0v) is 12.3. The van der Waals surface area contributed by atoms with E-state index >= 15 is 0 Å². The van der Waals surface area contributed by atoms with Crippen molar-refractivity contribution in [2.75, 3.05) is 11.5 Å². The molecule has 0 spiro atoms. The van der Waals surface area contributed by atoms with Gasteiger partial charge in [0.2, 0.25) is 0 Å². The van der Waals surface area contributed by atoms with Crippen molar-refractivity contribution in [3.8, 4) is 5.75 Å². The van der Waals surface area contributed by atoms with Crippen LogP contribution in [0, 0.1) is 5.92 Å². The van der Waals surface area contributed by atoms with Gasteiger partial charge in [0.05, 0.1) is 5.69 Å². The Morgan fingerprint density at radius 1 is 1.38 bits per heavy atom. The summed E-state index contributed by atoms with van der Waals surface area (Å²) in [5, 5.41) is 0. The molecule has 114 valence electrons. The monoisotopic (exact) mass is 290 g/mol. The Balaban J connectivity index is 2.23. The fourth-order valence-corrected chi connectivity index (χ4v) is 2.51. The van der Waals surface area contributed by atoms with Crippen LogP contribution in [-0.2, 0) is 9.53 Å². The molecule has 1 aliphatic rings. The molecule has 0 unspecified atom stereocenters. The van der Waals surface area contributed by atoms with E-state index in [0.29, 0.717) is 35.9 Å². The molecule has 1 aromatic carbocycles. The molecule has 5 nitrogen and oxygen atoms in total. The third-order valence-corrected chi connectivity index (χ3v) is 3.82. The van der Waals surface area contributed by atoms with Crippen LogP contribution in [0.1, 0.15) is 32.6 Å². The Hall–Kier alpha value is -2.17. The van der Waals surface area contributed by atoms with Crippen molar-refractivity contribution >= 4 is 17.3 Å². The molecule has 0 atom stereocenters. The Bertz CT molecular complexity index is 534. The third kappa shape index (κ3) is 3.68. The Morgan fingerprint density at radius 3 is 2.62 bits per heavy atom. The van der Waals surface area contributed by atoms with E-state index in [0.717, 1.165) is 18.9 Å². The number of anilines is 2. The number of hydrogen-bond donors (Lipinski definition) is 2. The zero-order valence-electron chi connectivity index (χ0n) is 12.3. The van der Waals surface area contributed by atoms with Gasteiger partial charge in [-0.1, -0.05) is 13.5 Å². The van der Waals surface area contributed by atoms with Crippen LogP contribution in [0.4, 0.5) is 11.4 Å². The summed E-state index contributed by atoms with van der Waals surface area (Å²) < 4.78 is 11.5. The Morgan fingerprint density at radius 2 is 2.05 bits per heavy atom. The number of esters is 1. The molecule has 0 heterocycles. The lowest BCUT2D eigenvalue weighted by Gasteiger charge is -2.38. The molecule has 0 bridgehead atoms. The van der Waals surface area contributed by atoms with Gasteiger partial charge in [-0.25, -0.2) is 4.79 Å². The van der Waals surface area contributed by atoms with Crippen LogP contribution in [-0.4, -0.2) is 11.8 Å². The second-order valence-corrected chi connectivity index (χ2v) is 5.62. The first kappa shape index (κ1) is 15.2. The van der Waals surface area contributed by atoms with Crippen LogP contribution >= 0.6 is 0 Å². The number of hydrogen-bond acceptors (Lipinski definition) is 5. The molecule has 1 fully saturated rings. The maximum absolute atomic E-state index is 11.6. The van der Waals surface area contributed by atoms with Crippen LogP contribution in [0.5, 0.6) is 5.75 Å². The Labute approximate surface area is 124 Å². The molecular formula is C16H22N2O3. The molecular weight excluding hydrogens is 268 g/mol. The largest absolute Gasteiger partial charge is 0.450 e. The molecule has 0 aromatic heterocycles. The van der Waals surface area contributed by atoms with Crippen molar-refractivity contribution in [1.29, 1.82) is 0 Å². The van der Waals surface area contributed by atoms with Crippen molar-refractivity contribution in [1.82, 2.24) is 0 Å². The van der Waals surface area contributed by atoms with Crippen molar-refractivity contribution in [2.45, 2.75) is 38.4 Å². The van der Waals surface area contributed by atoms with Crippen LogP contribution in [0.25, 0.3) is 0 Å². The molecule has 0 aliphatic heterocycles. The summed E-state index contributed by atoms with van der Waals surface area (Å²) >= 11 is 0. The highest BCUT2D eigenvalue weighted by Crippen LogP contribution is 2.38. The normalized spacial score (nSPS) is 25.1. The van der Waals surface area contributed by atoms with Gasteiger partial charge < -0.3 is 20.9 Å². The SMILES string of the molecule is C=CC(=O)OC1(Oc2ccc(N)cc2N)CCC(C)CC1. The smallest absolute Gasteiger partial charge is 0.333 e. The average Bonchev–Trinajstić information content (AvgIpc) is 2.45.